The van der Waals surface area contributed by atoms with Crippen molar-refractivity contribution < 1.29 is 18.7 Å². The molecular weight excluding hydrogens is 692 g/mol. The van der Waals surface area contributed by atoms with Gasteiger partial charge in [0, 0.05) is 111 Å². The van der Waals surface area contributed by atoms with Gasteiger partial charge in [0.2, 0.25) is 11.8 Å². The highest BCUT2D eigenvalue weighted by atomic mass is 35.5. The first-order valence-electron chi connectivity index (χ1n) is 17.1. The van der Waals surface area contributed by atoms with Crippen molar-refractivity contribution in [2.75, 3.05) is 45.2 Å². The highest BCUT2D eigenvalue weighted by Gasteiger charge is 2.48. The van der Waals surface area contributed by atoms with Crippen molar-refractivity contribution in [1.29, 1.82) is 0 Å². The number of rotatable bonds is 11. The highest BCUT2D eigenvalue weighted by molar-refractivity contribution is 6.39. The molecular formula is C38H40Cl2FN7O3. The van der Waals surface area contributed by atoms with E-state index in [0.717, 1.165) is 50.1 Å². The standard InChI is InChI=1S/C38H40Cl2FN7O3/c1-23(49)48-15-12-38(22-48)20-47(21-38)19-26-10-13-44-37(35(26)41)46-30-5-3-4-28(33(30)39)29-11-14-43-36(34(29)40)24-6-7-25(31(16-24)51-2)17-42-18-27-8-9-32(50)45-27/h3-7,10-11,13-14,16,27,42H,8-9,12,15,17-22H2,1-2H3,(H,44,46)(H,45,50)/t27-/m1/s1. The predicted molar refractivity (Wildman–Crippen MR) is 197 cm³/mol. The normalized spacial score (nSPS) is 18.2. The van der Waals surface area contributed by atoms with E-state index < -0.39 is 5.82 Å². The molecule has 4 aromatic rings. The molecule has 0 aliphatic carbocycles. The number of nitrogens with zero attached hydrogens (tertiary/aromatic N) is 4. The lowest BCUT2D eigenvalue weighted by atomic mass is 9.79. The Morgan fingerprint density at radius 1 is 1.06 bits per heavy atom. The Morgan fingerprint density at radius 3 is 2.61 bits per heavy atom. The van der Waals surface area contributed by atoms with Crippen molar-refractivity contribution in [1.82, 2.24) is 30.4 Å². The van der Waals surface area contributed by atoms with Gasteiger partial charge in [-0.2, -0.15) is 0 Å². The molecule has 13 heteroatoms. The molecule has 0 saturated carbocycles. The van der Waals surface area contributed by atoms with Crippen LogP contribution < -0.4 is 20.7 Å². The van der Waals surface area contributed by atoms with Crippen molar-refractivity contribution in [2.24, 2.45) is 5.41 Å². The molecule has 0 unspecified atom stereocenters. The molecule has 7 rings (SSSR count). The number of benzene rings is 2. The molecule has 51 heavy (non-hydrogen) atoms. The summed E-state index contributed by atoms with van der Waals surface area (Å²) in [6, 6.07) is 14.9. The van der Waals surface area contributed by atoms with Crippen LogP contribution in [0.1, 0.15) is 37.3 Å². The maximum Gasteiger partial charge on any atom is 0.220 e. The fraction of sp³-hybridized carbons (Fsp3) is 0.368. The number of carbonyl (C=O) groups excluding carboxylic acids is 2. The summed E-state index contributed by atoms with van der Waals surface area (Å²) in [5, 5.41) is 10.3. The molecule has 3 saturated heterocycles. The Kier molecular flexibility index (Phi) is 10.2. The van der Waals surface area contributed by atoms with Crippen molar-refractivity contribution >= 4 is 46.5 Å². The summed E-state index contributed by atoms with van der Waals surface area (Å²) in [6.45, 7) is 6.54. The maximum atomic E-state index is 15.8. The third kappa shape index (κ3) is 7.39. The van der Waals surface area contributed by atoms with Gasteiger partial charge in [-0.1, -0.05) is 47.5 Å². The minimum atomic E-state index is -0.432. The van der Waals surface area contributed by atoms with E-state index in [1.807, 2.05) is 35.2 Å². The van der Waals surface area contributed by atoms with Crippen LogP contribution in [0.5, 0.6) is 5.75 Å². The number of pyridine rings is 2. The van der Waals surface area contributed by atoms with Crippen LogP contribution in [0.25, 0.3) is 22.4 Å². The Balaban J connectivity index is 1.05. The molecule has 266 valence electrons. The maximum absolute atomic E-state index is 15.8. The van der Waals surface area contributed by atoms with E-state index in [9.17, 15) is 9.59 Å². The Hall–Kier alpha value is -4.29. The average molecular weight is 733 g/mol. The zero-order valence-corrected chi connectivity index (χ0v) is 30.1. The summed E-state index contributed by atoms with van der Waals surface area (Å²) in [6.07, 6.45) is 5.65. The molecule has 3 N–H and O–H groups in total. The molecule has 0 bridgehead atoms. The van der Waals surface area contributed by atoms with Crippen LogP contribution >= 0.6 is 23.2 Å². The van der Waals surface area contributed by atoms with Crippen molar-refractivity contribution in [3.05, 3.63) is 87.9 Å². The van der Waals surface area contributed by atoms with Crippen LogP contribution in [0, 0.1) is 11.2 Å². The number of methoxy groups -OCH3 is 1. The number of ether oxygens (including phenoxy) is 1. The van der Waals surface area contributed by atoms with Gasteiger partial charge in [-0.15, -0.1) is 0 Å². The summed E-state index contributed by atoms with van der Waals surface area (Å²) in [7, 11) is 1.62. The number of carbonyl (C=O) groups is 2. The lowest BCUT2D eigenvalue weighted by Gasteiger charge is -2.48. The Morgan fingerprint density at radius 2 is 1.86 bits per heavy atom. The lowest BCUT2D eigenvalue weighted by Crippen LogP contribution is -2.57. The molecule has 2 aromatic carbocycles. The quantitative estimate of drug-likeness (QED) is 0.162. The first-order valence-corrected chi connectivity index (χ1v) is 17.9. The molecule has 5 heterocycles. The average Bonchev–Trinajstić information content (AvgIpc) is 3.74. The van der Waals surface area contributed by atoms with Crippen LogP contribution in [-0.2, 0) is 22.7 Å². The number of hydrogen-bond acceptors (Lipinski definition) is 8. The third-order valence-electron chi connectivity index (χ3n) is 10.1. The smallest absolute Gasteiger partial charge is 0.220 e. The van der Waals surface area contributed by atoms with Gasteiger partial charge in [-0.05, 0) is 37.1 Å². The Bertz CT molecular complexity index is 1970. The van der Waals surface area contributed by atoms with Gasteiger partial charge in [-0.3, -0.25) is 19.5 Å². The largest absolute Gasteiger partial charge is 0.496 e. The third-order valence-corrected chi connectivity index (χ3v) is 10.9. The first-order chi connectivity index (χ1) is 24.6. The number of nitrogens with one attached hydrogen (secondary N) is 3. The molecule has 3 aliphatic rings. The Labute approximate surface area is 306 Å². The van der Waals surface area contributed by atoms with Gasteiger partial charge in [0.1, 0.15) is 5.75 Å². The van der Waals surface area contributed by atoms with Crippen LogP contribution in [0.2, 0.25) is 10.0 Å². The van der Waals surface area contributed by atoms with E-state index >= 15 is 4.39 Å². The molecule has 0 radical (unpaired) electrons. The number of aromatic nitrogens is 2. The molecule has 10 nitrogen and oxygen atoms in total. The zero-order valence-electron chi connectivity index (χ0n) is 28.6. The SMILES string of the molecule is COc1cc(-c2nccc(-c3cccc(Nc4nccc(CN5CC6(CCN(C(C)=O)C6)C5)c4F)c3Cl)c2Cl)ccc1CNC[C@H]1CCC(=O)N1. The number of hydrogen-bond donors (Lipinski definition) is 3. The number of amides is 2. The topological polar surface area (TPSA) is 112 Å². The second-order valence-electron chi connectivity index (χ2n) is 13.7. The second kappa shape index (κ2) is 14.7. The second-order valence-corrected chi connectivity index (χ2v) is 14.5. The van der Waals surface area contributed by atoms with Crippen molar-refractivity contribution in [3.8, 4) is 28.1 Å². The van der Waals surface area contributed by atoms with E-state index in [-0.39, 0.29) is 29.1 Å². The summed E-state index contributed by atoms with van der Waals surface area (Å²) in [4.78, 5) is 36.3. The molecule has 2 amide bonds. The van der Waals surface area contributed by atoms with Crippen molar-refractivity contribution in [3.63, 3.8) is 0 Å². The van der Waals surface area contributed by atoms with Gasteiger partial charge in [0.05, 0.1) is 28.5 Å². The van der Waals surface area contributed by atoms with Gasteiger partial charge in [-0.25, -0.2) is 9.37 Å². The summed E-state index contributed by atoms with van der Waals surface area (Å²) in [5.74, 6) is 0.544. The van der Waals surface area contributed by atoms with E-state index in [4.69, 9.17) is 27.9 Å². The van der Waals surface area contributed by atoms with E-state index in [1.165, 1.54) is 0 Å². The fourth-order valence-corrected chi connectivity index (χ4v) is 8.07. The number of likely N-dealkylation sites (tertiary alicyclic amines) is 2. The van der Waals surface area contributed by atoms with Crippen LogP contribution in [0.15, 0.2) is 60.9 Å². The summed E-state index contributed by atoms with van der Waals surface area (Å²) in [5.41, 5.74) is 4.77. The summed E-state index contributed by atoms with van der Waals surface area (Å²) < 4.78 is 21.5. The zero-order chi connectivity index (χ0) is 35.7. The molecule has 1 atom stereocenters. The van der Waals surface area contributed by atoms with Crippen LogP contribution in [-0.4, -0.2) is 77.5 Å². The van der Waals surface area contributed by atoms with Gasteiger partial charge in [0.15, 0.2) is 11.6 Å². The van der Waals surface area contributed by atoms with Gasteiger partial charge in [0.25, 0.3) is 0 Å². The predicted octanol–water partition coefficient (Wildman–Crippen LogP) is 6.43. The molecule has 3 fully saturated rings. The van der Waals surface area contributed by atoms with Gasteiger partial charge >= 0.3 is 0 Å². The monoisotopic (exact) mass is 731 g/mol. The van der Waals surface area contributed by atoms with Crippen molar-refractivity contribution in [2.45, 2.75) is 45.3 Å². The first kappa shape index (κ1) is 35.1. The molecule has 2 aromatic heterocycles. The molecule has 1 spiro atoms. The number of halogens is 3. The minimum absolute atomic E-state index is 0.0848. The number of anilines is 2. The fourth-order valence-electron chi connectivity index (χ4n) is 7.48. The van der Waals surface area contributed by atoms with Crippen LogP contribution in [0.3, 0.4) is 0 Å². The summed E-state index contributed by atoms with van der Waals surface area (Å²) >= 11 is 14.0. The van der Waals surface area contributed by atoms with Gasteiger partial charge < -0.3 is 25.6 Å². The molecule has 3 aliphatic heterocycles. The minimum Gasteiger partial charge on any atom is -0.496 e. The van der Waals surface area contributed by atoms with E-state index in [1.54, 1.807) is 44.6 Å². The lowest BCUT2D eigenvalue weighted by molar-refractivity contribution is -0.129. The highest BCUT2D eigenvalue weighted by Crippen LogP contribution is 2.43. The van der Waals surface area contributed by atoms with E-state index in [0.29, 0.717) is 69.9 Å². The van der Waals surface area contributed by atoms with E-state index in [2.05, 4.69) is 30.8 Å². The van der Waals surface area contributed by atoms with Crippen LogP contribution in [0.4, 0.5) is 15.9 Å².